The summed E-state index contributed by atoms with van der Waals surface area (Å²) in [7, 11) is 0. The molecule has 0 atom stereocenters. The molecule has 12 heavy (non-hydrogen) atoms. The minimum Gasteiger partial charge on any atom is -0.0961 e. The van der Waals surface area contributed by atoms with Crippen molar-refractivity contribution in [2.45, 2.75) is 39.5 Å². The van der Waals surface area contributed by atoms with Crippen LogP contribution in [0, 0.1) is 0 Å². The molecular weight excluding hydrogens is 144 g/mol. The van der Waals surface area contributed by atoms with E-state index in [1.165, 1.54) is 25.7 Å². The fraction of sp³-hybridized carbons (Fsp3) is 0.500. The zero-order valence-corrected chi connectivity index (χ0v) is 8.34. The van der Waals surface area contributed by atoms with Crippen LogP contribution in [-0.2, 0) is 0 Å². The van der Waals surface area contributed by atoms with Crippen LogP contribution in [0.15, 0.2) is 36.5 Å². The summed E-state index contributed by atoms with van der Waals surface area (Å²) < 4.78 is 0. The molecule has 0 bridgehead atoms. The van der Waals surface area contributed by atoms with Crippen molar-refractivity contribution in [2.75, 3.05) is 0 Å². The molecule has 0 amide bonds. The molecule has 0 heterocycles. The van der Waals surface area contributed by atoms with Gasteiger partial charge in [-0.1, -0.05) is 56.2 Å². The third-order valence-corrected chi connectivity index (χ3v) is 1.60. The summed E-state index contributed by atoms with van der Waals surface area (Å²) >= 11 is 0. The largest absolute Gasteiger partial charge is 0.0961 e. The molecule has 0 aromatic carbocycles. The van der Waals surface area contributed by atoms with Gasteiger partial charge in [-0.2, -0.15) is 0 Å². The smallest absolute Gasteiger partial charge is 0.0348 e. The van der Waals surface area contributed by atoms with Crippen molar-refractivity contribution in [3.05, 3.63) is 36.5 Å². The molecule has 0 aliphatic heterocycles. The van der Waals surface area contributed by atoms with Crippen LogP contribution >= 0.6 is 0 Å². The number of hydrogen-bond donors (Lipinski definition) is 0. The molecule has 0 saturated carbocycles. The summed E-state index contributed by atoms with van der Waals surface area (Å²) in [4.78, 5) is 0. The Bertz CT molecular complexity index is 161. The van der Waals surface area contributed by atoms with E-state index in [4.69, 9.17) is 0 Å². The van der Waals surface area contributed by atoms with Crippen LogP contribution in [0.25, 0.3) is 0 Å². The van der Waals surface area contributed by atoms with E-state index in [9.17, 15) is 0 Å². The Labute approximate surface area is 76.7 Å². The number of rotatable bonds is 6. The van der Waals surface area contributed by atoms with Gasteiger partial charge in [0.15, 0.2) is 0 Å². The normalized spacial score (nSPS) is 11.5. The van der Waals surface area contributed by atoms with E-state index in [-0.39, 0.29) is 0 Å². The van der Waals surface area contributed by atoms with Crippen molar-refractivity contribution in [1.82, 2.24) is 0 Å². The Morgan fingerprint density at radius 1 is 1.25 bits per heavy atom. The lowest BCUT2D eigenvalue weighted by atomic mass is 10.2. The van der Waals surface area contributed by atoms with Gasteiger partial charge >= 0.3 is 0 Å². The van der Waals surface area contributed by atoms with Gasteiger partial charge in [-0.15, -0.1) is 0 Å². The highest BCUT2D eigenvalue weighted by Gasteiger charge is 1.79. The van der Waals surface area contributed by atoms with Crippen molar-refractivity contribution < 1.29 is 0 Å². The fourth-order valence-corrected chi connectivity index (χ4v) is 0.907. The van der Waals surface area contributed by atoms with E-state index >= 15 is 0 Å². The maximum Gasteiger partial charge on any atom is -0.0348 e. The van der Waals surface area contributed by atoms with E-state index in [1.807, 2.05) is 19.1 Å². The summed E-state index contributed by atoms with van der Waals surface area (Å²) in [6.45, 7) is 8.01. The molecule has 68 valence electrons. The van der Waals surface area contributed by atoms with Crippen LogP contribution in [0.4, 0.5) is 0 Å². The summed E-state index contributed by atoms with van der Waals surface area (Å²) in [6.07, 6.45) is 13.6. The predicted molar refractivity (Wildman–Crippen MR) is 57.2 cm³/mol. The fourth-order valence-electron chi connectivity index (χ4n) is 0.907. The lowest BCUT2D eigenvalue weighted by Crippen LogP contribution is -1.69. The maximum absolute atomic E-state index is 3.78. The maximum atomic E-state index is 3.78. The zero-order valence-electron chi connectivity index (χ0n) is 8.34. The SMILES string of the molecule is C=C(C)C=CC=CCCCCC. The molecule has 0 saturated heterocycles. The van der Waals surface area contributed by atoms with Gasteiger partial charge in [-0.05, 0) is 19.8 Å². The molecule has 0 fully saturated rings. The second-order valence-electron chi connectivity index (χ2n) is 3.13. The van der Waals surface area contributed by atoms with Crippen molar-refractivity contribution >= 4 is 0 Å². The molecule has 0 unspecified atom stereocenters. The second kappa shape index (κ2) is 8.32. The molecule has 0 radical (unpaired) electrons. The van der Waals surface area contributed by atoms with Gasteiger partial charge in [0, 0.05) is 0 Å². The van der Waals surface area contributed by atoms with Crippen LogP contribution in [0.2, 0.25) is 0 Å². The molecule has 0 heteroatoms. The summed E-state index contributed by atoms with van der Waals surface area (Å²) in [6, 6.07) is 0. The molecule has 0 N–H and O–H groups in total. The Kier molecular flexibility index (Phi) is 7.78. The van der Waals surface area contributed by atoms with Gasteiger partial charge in [0.05, 0.1) is 0 Å². The zero-order chi connectivity index (χ0) is 9.23. The number of hydrogen-bond acceptors (Lipinski definition) is 0. The van der Waals surface area contributed by atoms with Crippen molar-refractivity contribution in [3.63, 3.8) is 0 Å². The Hall–Kier alpha value is -0.780. The second-order valence-corrected chi connectivity index (χ2v) is 3.13. The van der Waals surface area contributed by atoms with Crippen LogP contribution < -0.4 is 0 Å². The molecule has 0 aliphatic rings. The summed E-state index contributed by atoms with van der Waals surface area (Å²) in [5.74, 6) is 0. The average molecular weight is 164 g/mol. The lowest BCUT2D eigenvalue weighted by molar-refractivity contribution is 0.729. The van der Waals surface area contributed by atoms with Crippen molar-refractivity contribution in [1.29, 1.82) is 0 Å². The Morgan fingerprint density at radius 2 is 2.00 bits per heavy atom. The first-order valence-electron chi connectivity index (χ1n) is 4.76. The van der Waals surface area contributed by atoms with Crippen molar-refractivity contribution in [3.8, 4) is 0 Å². The van der Waals surface area contributed by atoms with Crippen molar-refractivity contribution in [2.24, 2.45) is 0 Å². The van der Waals surface area contributed by atoms with E-state index in [2.05, 4.69) is 25.7 Å². The van der Waals surface area contributed by atoms with Crippen LogP contribution in [0.1, 0.15) is 39.5 Å². The van der Waals surface area contributed by atoms with Gasteiger partial charge in [-0.3, -0.25) is 0 Å². The average Bonchev–Trinajstić information content (AvgIpc) is 2.02. The first-order chi connectivity index (χ1) is 5.77. The quantitative estimate of drug-likeness (QED) is 0.406. The number of allylic oxidation sites excluding steroid dienone is 5. The first-order valence-corrected chi connectivity index (χ1v) is 4.76. The Balaban J connectivity index is 3.31. The highest BCUT2D eigenvalue weighted by molar-refractivity contribution is 5.16. The topological polar surface area (TPSA) is 0 Å². The number of unbranched alkanes of at least 4 members (excludes halogenated alkanes) is 3. The van der Waals surface area contributed by atoms with Crippen LogP contribution in [0.3, 0.4) is 0 Å². The van der Waals surface area contributed by atoms with Gasteiger partial charge < -0.3 is 0 Å². The van der Waals surface area contributed by atoms with Gasteiger partial charge in [-0.25, -0.2) is 0 Å². The standard InChI is InChI=1S/C12H20/c1-4-5-6-7-8-9-10-11-12(2)3/h8-11H,2,4-7H2,1,3H3. The van der Waals surface area contributed by atoms with Crippen LogP contribution in [0.5, 0.6) is 0 Å². The lowest BCUT2D eigenvalue weighted by Gasteiger charge is -1.89. The molecule has 0 aromatic heterocycles. The summed E-state index contributed by atoms with van der Waals surface area (Å²) in [5.41, 5.74) is 1.10. The van der Waals surface area contributed by atoms with Gasteiger partial charge in [0.1, 0.15) is 0 Å². The van der Waals surface area contributed by atoms with E-state index in [1.54, 1.807) is 0 Å². The highest BCUT2D eigenvalue weighted by Crippen LogP contribution is 1.99. The third kappa shape index (κ3) is 9.22. The van der Waals surface area contributed by atoms with Crippen LogP contribution in [-0.4, -0.2) is 0 Å². The van der Waals surface area contributed by atoms with Gasteiger partial charge in [0.2, 0.25) is 0 Å². The van der Waals surface area contributed by atoms with E-state index < -0.39 is 0 Å². The molecule has 0 rings (SSSR count). The minimum atomic E-state index is 1.10. The molecule has 0 spiro atoms. The van der Waals surface area contributed by atoms with Gasteiger partial charge in [0.25, 0.3) is 0 Å². The highest BCUT2D eigenvalue weighted by atomic mass is 13.9. The summed E-state index contributed by atoms with van der Waals surface area (Å²) in [5, 5.41) is 0. The monoisotopic (exact) mass is 164 g/mol. The predicted octanol–water partition coefficient (Wildman–Crippen LogP) is 4.26. The third-order valence-electron chi connectivity index (χ3n) is 1.60. The van der Waals surface area contributed by atoms with E-state index in [0.717, 1.165) is 5.57 Å². The molecular formula is C12H20. The van der Waals surface area contributed by atoms with E-state index in [0.29, 0.717) is 0 Å². The molecule has 0 nitrogen and oxygen atoms in total. The molecule has 0 aliphatic carbocycles. The first kappa shape index (κ1) is 11.2. The Morgan fingerprint density at radius 3 is 2.58 bits per heavy atom. The minimum absolute atomic E-state index is 1.10. The molecule has 0 aromatic rings.